The third-order valence-corrected chi connectivity index (χ3v) is 5.23. The molecule has 1 atom stereocenters. The molecule has 1 unspecified atom stereocenters. The van der Waals surface area contributed by atoms with Crippen LogP contribution in [0.2, 0.25) is 0 Å². The summed E-state index contributed by atoms with van der Waals surface area (Å²) in [7, 11) is 1.67. The number of hydrogen-bond donors (Lipinski definition) is 3. The van der Waals surface area contributed by atoms with Gasteiger partial charge in [0.05, 0.1) is 19.4 Å². The number of nitrogens with zero attached hydrogens (tertiary/aromatic N) is 2. The van der Waals surface area contributed by atoms with Gasteiger partial charge in [-0.3, -0.25) is 14.6 Å². The molecule has 0 aromatic carbocycles. The van der Waals surface area contributed by atoms with E-state index >= 15 is 0 Å². The molecule has 2 heterocycles. The van der Waals surface area contributed by atoms with E-state index in [1.54, 1.807) is 19.4 Å². The van der Waals surface area contributed by atoms with Gasteiger partial charge in [0.25, 0.3) is 0 Å². The van der Waals surface area contributed by atoms with Crippen LogP contribution in [0.25, 0.3) is 0 Å². The van der Waals surface area contributed by atoms with Crippen LogP contribution in [-0.2, 0) is 16.1 Å². The van der Waals surface area contributed by atoms with Crippen LogP contribution < -0.4 is 16.0 Å². The number of hydrogen-bond acceptors (Lipinski definition) is 4. The molecule has 148 valence electrons. The van der Waals surface area contributed by atoms with Gasteiger partial charge in [0.2, 0.25) is 11.8 Å². The van der Waals surface area contributed by atoms with E-state index in [9.17, 15) is 9.59 Å². The first-order valence-corrected chi connectivity index (χ1v) is 9.70. The zero-order chi connectivity index (χ0) is 19.1. The summed E-state index contributed by atoms with van der Waals surface area (Å²) in [4.78, 5) is 30.6. The van der Waals surface area contributed by atoms with Crippen molar-refractivity contribution in [3.63, 3.8) is 0 Å². The molecule has 1 saturated carbocycles. The van der Waals surface area contributed by atoms with Crippen LogP contribution in [0.4, 0.5) is 0 Å². The number of rotatable bonds is 6. The Labute approximate surface area is 159 Å². The van der Waals surface area contributed by atoms with Crippen molar-refractivity contribution in [3.8, 4) is 0 Å². The lowest BCUT2D eigenvalue weighted by Crippen LogP contribution is -2.48. The van der Waals surface area contributed by atoms with E-state index in [-0.39, 0.29) is 24.4 Å². The molecule has 2 amide bonds. The van der Waals surface area contributed by atoms with Crippen LogP contribution in [0.5, 0.6) is 0 Å². The third kappa shape index (κ3) is 5.48. The average molecular weight is 375 g/mol. The van der Waals surface area contributed by atoms with Crippen LogP contribution >= 0.6 is 0 Å². The van der Waals surface area contributed by atoms with Gasteiger partial charge in [0.15, 0.2) is 5.96 Å². The number of nitrogens with one attached hydrogen (secondary N) is 3. The highest BCUT2D eigenvalue weighted by Gasteiger charge is 2.32. The van der Waals surface area contributed by atoms with Gasteiger partial charge in [-0.25, -0.2) is 0 Å². The highest BCUT2D eigenvalue weighted by Crippen LogP contribution is 2.27. The molecule has 8 heteroatoms. The van der Waals surface area contributed by atoms with Crippen molar-refractivity contribution in [3.05, 3.63) is 24.2 Å². The zero-order valence-corrected chi connectivity index (χ0v) is 15.9. The smallest absolute Gasteiger partial charge is 0.239 e. The Morgan fingerprint density at radius 2 is 2.07 bits per heavy atom. The first-order chi connectivity index (χ1) is 13.2. The third-order valence-electron chi connectivity index (χ3n) is 5.23. The molecule has 8 nitrogen and oxygen atoms in total. The molecule has 0 radical (unpaired) electrons. The monoisotopic (exact) mass is 375 g/mol. The van der Waals surface area contributed by atoms with E-state index in [2.05, 4.69) is 20.9 Å². The predicted molar refractivity (Wildman–Crippen MR) is 102 cm³/mol. The van der Waals surface area contributed by atoms with Gasteiger partial charge in [-0.15, -0.1) is 0 Å². The van der Waals surface area contributed by atoms with Crippen LogP contribution in [0.1, 0.15) is 37.9 Å². The molecule has 1 aromatic heterocycles. The van der Waals surface area contributed by atoms with Gasteiger partial charge in [0.1, 0.15) is 5.76 Å². The molecule has 3 rings (SSSR count). The number of furan rings is 1. The summed E-state index contributed by atoms with van der Waals surface area (Å²) >= 11 is 0. The fourth-order valence-electron chi connectivity index (χ4n) is 3.72. The highest BCUT2D eigenvalue weighted by molar-refractivity contribution is 5.86. The van der Waals surface area contributed by atoms with Crippen LogP contribution in [0.3, 0.4) is 0 Å². The molecule has 1 aliphatic carbocycles. The van der Waals surface area contributed by atoms with Gasteiger partial charge in [-0.2, -0.15) is 0 Å². The standard InChI is InChI=1S/C19H29N5O3/c1-20-19(22-12-17(25)21-11-16-7-4-10-27-16)23-15-8-9-24(13-15)18(26)14-5-2-3-6-14/h4,7,10,14-15H,2-3,5-6,8-9,11-13H2,1H3,(H,21,25)(H2,20,22,23). The maximum Gasteiger partial charge on any atom is 0.239 e. The molecular weight excluding hydrogens is 346 g/mol. The van der Waals surface area contributed by atoms with Crippen molar-refractivity contribution in [2.75, 3.05) is 26.7 Å². The molecule has 1 saturated heterocycles. The second-order valence-electron chi connectivity index (χ2n) is 7.18. The van der Waals surface area contributed by atoms with E-state index in [4.69, 9.17) is 4.42 Å². The zero-order valence-electron chi connectivity index (χ0n) is 15.9. The Balaban J connectivity index is 1.37. The number of guanidine groups is 1. The average Bonchev–Trinajstić information content (AvgIpc) is 3.45. The Kier molecular flexibility index (Phi) is 6.73. The van der Waals surface area contributed by atoms with Crippen molar-refractivity contribution in [1.82, 2.24) is 20.9 Å². The second kappa shape index (κ2) is 9.43. The lowest BCUT2D eigenvalue weighted by atomic mass is 10.1. The molecule has 1 aromatic rings. The number of likely N-dealkylation sites (tertiary alicyclic amines) is 1. The molecule has 3 N–H and O–H groups in total. The van der Waals surface area contributed by atoms with Crippen molar-refractivity contribution in [1.29, 1.82) is 0 Å². The largest absolute Gasteiger partial charge is 0.467 e. The first-order valence-electron chi connectivity index (χ1n) is 9.70. The van der Waals surface area contributed by atoms with Gasteiger partial charge in [-0.05, 0) is 31.4 Å². The molecular formula is C19H29N5O3. The minimum Gasteiger partial charge on any atom is -0.467 e. The molecule has 0 bridgehead atoms. The Morgan fingerprint density at radius 3 is 2.78 bits per heavy atom. The fourth-order valence-corrected chi connectivity index (χ4v) is 3.72. The second-order valence-corrected chi connectivity index (χ2v) is 7.18. The van der Waals surface area contributed by atoms with Crippen LogP contribution in [0.15, 0.2) is 27.8 Å². The van der Waals surface area contributed by atoms with Gasteiger partial charge in [0, 0.05) is 32.1 Å². The summed E-state index contributed by atoms with van der Waals surface area (Å²) in [5.74, 6) is 1.67. The Morgan fingerprint density at radius 1 is 1.26 bits per heavy atom. The molecule has 0 spiro atoms. The molecule has 27 heavy (non-hydrogen) atoms. The number of aliphatic imine (C=N–C) groups is 1. The maximum absolute atomic E-state index is 12.5. The normalized spacial score (nSPS) is 20.7. The fraction of sp³-hybridized carbons (Fsp3) is 0.632. The van der Waals surface area contributed by atoms with Gasteiger partial charge >= 0.3 is 0 Å². The Bertz CT molecular complexity index is 652. The highest BCUT2D eigenvalue weighted by atomic mass is 16.3. The maximum atomic E-state index is 12.5. The SMILES string of the molecule is CN=C(NCC(=O)NCc1ccco1)NC1CCN(C(=O)C2CCCC2)C1. The Hall–Kier alpha value is -2.51. The minimum atomic E-state index is -0.140. The quantitative estimate of drug-likeness (QED) is 0.506. The van der Waals surface area contributed by atoms with E-state index in [1.807, 2.05) is 11.0 Å². The van der Waals surface area contributed by atoms with Gasteiger partial charge < -0.3 is 25.3 Å². The minimum absolute atomic E-state index is 0.123. The van der Waals surface area contributed by atoms with E-state index in [0.717, 1.165) is 25.8 Å². The lowest BCUT2D eigenvalue weighted by Gasteiger charge is -2.21. The summed E-state index contributed by atoms with van der Waals surface area (Å²) < 4.78 is 5.18. The number of carbonyl (C=O) groups is 2. The van der Waals surface area contributed by atoms with E-state index in [1.165, 1.54) is 12.8 Å². The summed E-state index contributed by atoms with van der Waals surface area (Å²) in [6.45, 7) is 1.96. The van der Waals surface area contributed by atoms with Crippen molar-refractivity contribution in [2.24, 2.45) is 10.9 Å². The van der Waals surface area contributed by atoms with Crippen molar-refractivity contribution < 1.29 is 14.0 Å². The predicted octanol–water partition coefficient (Wildman–Crippen LogP) is 0.852. The topological polar surface area (TPSA) is 99.0 Å². The van der Waals surface area contributed by atoms with Crippen molar-refractivity contribution in [2.45, 2.75) is 44.7 Å². The molecule has 1 aliphatic heterocycles. The van der Waals surface area contributed by atoms with Crippen LogP contribution in [0, 0.1) is 5.92 Å². The van der Waals surface area contributed by atoms with E-state index in [0.29, 0.717) is 30.7 Å². The van der Waals surface area contributed by atoms with Gasteiger partial charge in [-0.1, -0.05) is 12.8 Å². The lowest BCUT2D eigenvalue weighted by molar-refractivity contribution is -0.134. The first kappa shape index (κ1) is 19.3. The van der Waals surface area contributed by atoms with Crippen LogP contribution in [-0.4, -0.2) is 55.4 Å². The van der Waals surface area contributed by atoms with E-state index < -0.39 is 0 Å². The summed E-state index contributed by atoms with van der Waals surface area (Å²) in [6.07, 6.45) is 6.88. The summed E-state index contributed by atoms with van der Waals surface area (Å²) in [5, 5.41) is 9.11. The van der Waals surface area contributed by atoms with Crippen molar-refractivity contribution >= 4 is 17.8 Å². The number of carbonyl (C=O) groups excluding carboxylic acids is 2. The molecule has 2 aliphatic rings. The summed E-state index contributed by atoms with van der Waals surface area (Å²) in [5.41, 5.74) is 0. The molecule has 2 fully saturated rings. The number of amides is 2. The summed E-state index contributed by atoms with van der Waals surface area (Å²) in [6, 6.07) is 3.76.